The highest BCUT2D eigenvalue weighted by molar-refractivity contribution is 6.34. The molecule has 0 saturated heterocycles. The van der Waals surface area contributed by atoms with Crippen molar-refractivity contribution in [1.29, 1.82) is 0 Å². The number of aromatic nitrogens is 2. The van der Waals surface area contributed by atoms with Crippen LogP contribution in [0, 0.1) is 0 Å². The minimum absolute atomic E-state index is 0.0728. The quantitative estimate of drug-likeness (QED) is 0.585. The van der Waals surface area contributed by atoms with Crippen molar-refractivity contribution in [2.45, 2.75) is 12.1 Å². The first-order valence-corrected chi connectivity index (χ1v) is 4.98. The smallest absolute Gasteiger partial charge is 0.227 e. The Balaban J connectivity index is 2.67. The zero-order chi connectivity index (χ0) is 13.6. The standard InChI is InChI=1S/C10H4ClF5N2/c11-7-5-3-1-2-4-6(5)17-8(18-7)9(12,13)10(14,15)16/h1-4H. The second-order valence-corrected chi connectivity index (χ2v) is 3.79. The van der Waals surface area contributed by atoms with Crippen LogP contribution in [0.5, 0.6) is 0 Å². The molecular formula is C10H4ClF5N2. The molecule has 1 aromatic heterocycles. The van der Waals surface area contributed by atoms with Gasteiger partial charge in [0.2, 0.25) is 5.82 Å². The third kappa shape index (κ3) is 1.98. The van der Waals surface area contributed by atoms with Gasteiger partial charge < -0.3 is 0 Å². The number of hydrogen-bond donors (Lipinski definition) is 0. The van der Waals surface area contributed by atoms with Crippen molar-refractivity contribution in [3.05, 3.63) is 35.2 Å². The number of para-hydroxylation sites is 1. The molecular weight excluding hydrogens is 279 g/mol. The average Bonchev–Trinajstić information content (AvgIpc) is 2.27. The van der Waals surface area contributed by atoms with Gasteiger partial charge in [0.1, 0.15) is 5.15 Å². The third-order valence-corrected chi connectivity index (χ3v) is 2.48. The SMILES string of the molecule is FC(F)(F)C(F)(F)c1nc(Cl)c2ccccc2n1. The highest BCUT2D eigenvalue weighted by Gasteiger charge is 2.61. The molecule has 0 aliphatic carbocycles. The number of fused-ring (bicyclic) bond motifs is 1. The van der Waals surface area contributed by atoms with Gasteiger partial charge >= 0.3 is 12.1 Å². The first-order valence-electron chi connectivity index (χ1n) is 4.61. The molecule has 8 heteroatoms. The summed E-state index contributed by atoms with van der Waals surface area (Å²) < 4.78 is 62.7. The van der Waals surface area contributed by atoms with Crippen molar-refractivity contribution < 1.29 is 22.0 Å². The van der Waals surface area contributed by atoms with Gasteiger partial charge in [0, 0.05) is 5.39 Å². The number of halogens is 6. The molecule has 0 aliphatic heterocycles. The van der Waals surface area contributed by atoms with Crippen LogP contribution in [0.1, 0.15) is 5.82 Å². The number of nitrogens with zero attached hydrogens (tertiary/aromatic N) is 2. The van der Waals surface area contributed by atoms with Crippen LogP contribution in [-0.2, 0) is 5.92 Å². The lowest BCUT2D eigenvalue weighted by Crippen LogP contribution is -2.35. The van der Waals surface area contributed by atoms with Crippen LogP contribution in [0.4, 0.5) is 22.0 Å². The predicted molar refractivity (Wildman–Crippen MR) is 54.5 cm³/mol. The lowest BCUT2D eigenvalue weighted by atomic mass is 10.2. The summed E-state index contributed by atoms with van der Waals surface area (Å²) >= 11 is 5.57. The van der Waals surface area contributed by atoms with Crippen LogP contribution in [0.25, 0.3) is 10.9 Å². The summed E-state index contributed by atoms with van der Waals surface area (Å²) in [6.07, 6.45) is -5.77. The summed E-state index contributed by atoms with van der Waals surface area (Å²) in [5, 5.41) is -0.236. The van der Waals surface area contributed by atoms with Gasteiger partial charge in [-0.1, -0.05) is 23.7 Å². The third-order valence-electron chi connectivity index (χ3n) is 2.19. The van der Waals surface area contributed by atoms with Crippen molar-refractivity contribution in [2.24, 2.45) is 0 Å². The van der Waals surface area contributed by atoms with E-state index < -0.39 is 23.1 Å². The first kappa shape index (κ1) is 12.9. The topological polar surface area (TPSA) is 25.8 Å². The highest BCUT2D eigenvalue weighted by Crippen LogP contribution is 2.43. The van der Waals surface area contributed by atoms with E-state index in [0.717, 1.165) is 0 Å². The highest BCUT2D eigenvalue weighted by atomic mass is 35.5. The molecule has 0 aliphatic rings. The van der Waals surface area contributed by atoms with Crippen LogP contribution in [-0.4, -0.2) is 16.1 Å². The summed E-state index contributed by atoms with van der Waals surface area (Å²) in [5.41, 5.74) is -0.0728. The maximum absolute atomic E-state index is 13.1. The fourth-order valence-corrected chi connectivity index (χ4v) is 1.54. The van der Waals surface area contributed by atoms with Gasteiger partial charge in [-0.25, -0.2) is 9.97 Å². The molecule has 0 fully saturated rings. The summed E-state index contributed by atoms with van der Waals surface area (Å²) in [5.74, 6) is -6.79. The lowest BCUT2D eigenvalue weighted by molar-refractivity contribution is -0.292. The average molecular weight is 283 g/mol. The van der Waals surface area contributed by atoms with Crippen molar-refractivity contribution in [1.82, 2.24) is 9.97 Å². The van der Waals surface area contributed by atoms with Crippen LogP contribution >= 0.6 is 11.6 Å². The molecule has 0 unspecified atom stereocenters. The van der Waals surface area contributed by atoms with Crippen LogP contribution in [0.15, 0.2) is 24.3 Å². The molecule has 18 heavy (non-hydrogen) atoms. The van der Waals surface area contributed by atoms with Gasteiger partial charge in [0.05, 0.1) is 5.52 Å². The Morgan fingerprint density at radius 1 is 0.944 bits per heavy atom. The van der Waals surface area contributed by atoms with E-state index in [-0.39, 0.29) is 10.9 Å². The normalized spacial score (nSPS) is 13.0. The lowest BCUT2D eigenvalue weighted by Gasteiger charge is -2.18. The second-order valence-electron chi connectivity index (χ2n) is 3.43. The number of alkyl halides is 5. The Kier molecular flexibility index (Phi) is 2.89. The summed E-state index contributed by atoms with van der Waals surface area (Å²) in [7, 11) is 0. The van der Waals surface area contributed by atoms with Crippen molar-refractivity contribution in [2.75, 3.05) is 0 Å². The van der Waals surface area contributed by atoms with Crippen LogP contribution in [0.3, 0.4) is 0 Å². The van der Waals surface area contributed by atoms with Gasteiger partial charge in [-0.2, -0.15) is 22.0 Å². The zero-order valence-corrected chi connectivity index (χ0v) is 9.23. The van der Waals surface area contributed by atoms with Crippen LogP contribution in [0.2, 0.25) is 5.15 Å². The van der Waals surface area contributed by atoms with E-state index in [1.54, 1.807) is 6.07 Å². The molecule has 2 aromatic rings. The van der Waals surface area contributed by atoms with Gasteiger partial charge in [0.15, 0.2) is 0 Å². The van der Waals surface area contributed by atoms with E-state index in [4.69, 9.17) is 11.6 Å². The molecule has 0 radical (unpaired) electrons. The number of rotatable bonds is 1. The van der Waals surface area contributed by atoms with Gasteiger partial charge in [-0.05, 0) is 12.1 Å². The molecule has 0 amide bonds. The molecule has 0 saturated carbocycles. The Morgan fingerprint density at radius 3 is 2.17 bits per heavy atom. The van der Waals surface area contributed by atoms with Gasteiger partial charge in [-0.3, -0.25) is 0 Å². The molecule has 2 rings (SSSR count). The maximum Gasteiger partial charge on any atom is 0.461 e. The Labute approximate surface area is 102 Å². The molecule has 1 aromatic carbocycles. The molecule has 2 nitrogen and oxygen atoms in total. The number of hydrogen-bond acceptors (Lipinski definition) is 2. The van der Waals surface area contributed by atoms with Crippen LogP contribution < -0.4 is 0 Å². The largest absolute Gasteiger partial charge is 0.461 e. The van der Waals surface area contributed by atoms with E-state index in [0.29, 0.717) is 0 Å². The monoisotopic (exact) mass is 282 g/mol. The maximum atomic E-state index is 13.1. The van der Waals surface area contributed by atoms with E-state index in [9.17, 15) is 22.0 Å². The summed E-state index contributed by atoms with van der Waals surface area (Å²) in [6, 6.07) is 5.69. The van der Waals surface area contributed by atoms with Crippen molar-refractivity contribution >= 4 is 22.5 Å². The second kappa shape index (κ2) is 4.01. The minimum atomic E-state index is -5.77. The molecule has 0 bridgehead atoms. The Hall–Kier alpha value is -1.50. The zero-order valence-electron chi connectivity index (χ0n) is 8.47. The van der Waals surface area contributed by atoms with E-state index in [1.807, 2.05) is 0 Å². The summed E-state index contributed by atoms with van der Waals surface area (Å²) in [4.78, 5) is 6.23. The fourth-order valence-electron chi connectivity index (χ4n) is 1.31. The predicted octanol–water partition coefficient (Wildman–Crippen LogP) is 3.94. The van der Waals surface area contributed by atoms with E-state index in [2.05, 4.69) is 9.97 Å². The Morgan fingerprint density at radius 2 is 1.56 bits per heavy atom. The van der Waals surface area contributed by atoms with Crippen molar-refractivity contribution in [3.8, 4) is 0 Å². The van der Waals surface area contributed by atoms with E-state index in [1.165, 1.54) is 18.2 Å². The molecule has 0 spiro atoms. The Bertz CT molecular complexity index is 596. The molecule has 0 atom stereocenters. The van der Waals surface area contributed by atoms with Gasteiger partial charge in [-0.15, -0.1) is 0 Å². The van der Waals surface area contributed by atoms with Crippen molar-refractivity contribution in [3.63, 3.8) is 0 Å². The minimum Gasteiger partial charge on any atom is -0.227 e. The molecule has 0 N–H and O–H groups in total. The first-order chi connectivity index (χ1) is 8.23. The fraction of sp³-hybridized carbons (Fsp3) is 0.200. The van der Waals surface area contributed by atoms with Gasteiger partial charge in [0.25, 0.3) is 0 Å². The molecule has 96 valence electrons. The van der Waals surface area contributed by atoms with E-state index >= 15 is 0 Å². The number of benzene rings is 1. The molecule has 1 heterocycles. The summed E-state index contributed by atoms with van der Waals surface area (Å²) in [6.45, 7) is 0.